The Balaban J connectivity index is 1.56. The summed E-state index contributed by atoms with van der Waals surface area (Å²) in [6.45, 7) is 7.59. The van der Waals surface area contributed by atoms with Crippen molar-refractivity contribution in [2.45, 2.75) is 45.6 Å². The van der Waals surface area contributed by atoms with Gasteiger partial charge in [0.05, 0.1) is 17.5 Å². The third-order valence-corrected chi connectivity index (χ3v) is 4.58. The molecule has 0 amide bonds. The number of benzene rings is 2. The monoisotopic (exact) mass is 367 g/mol. The molecule has 1 aromatic heterocycles. The van der Waals surface area contributed by atoms with Gasteiger partial charge in [-0.25, -0.2) is 9.59 Å². The summed E-state index contributed by atoms with van der Waals surface area (Å²) in [4.78, 5) is 23.8. The van der Waals surface area contributed by atoms with E-state index in [1.807, 2.05) is 18.2 Å². The minimum atomic E-state index is -0.614. The van der Waals surface area contributed by atoms with Crippen LogP contribution in [0.1, 0.15) is 39.2 Å². The summed E-state index contributed by atoms with van der Waals surface area (Å²) in [7, 11) is 0. The van der Waals surface area contributed by atoms with E-state index >= 15 is 0 Å². The molecular weight excluding hydrogens is 342 g/mol. The van der Waals surface area contributed by atoms with Crippen molar-refractivity contribution in [1.82, 2.24) is 4.57 Å². The van der Waals surface area contributed by atoms with Crippen LogP contribution in [0, 0.1) is 0 Å². The van der Waals surface area contributed by atoms with E-state index in [1.54, 1.807) is 18.2 Å². The number of aromatic nitrogens is 1. The highest BCUT2D eigenvalue weighted by atomic mass is 16.5. The first-order valence-corrected chi connectivity index (χ1v) is 9.22. The lowest BCUT2D eigenvalue weighted by atomic mass is 9.87. The quantitative estimate of drug-likeness (QED) is 0.615. The third kappa shape index (κ3) is 4.48. The molecule has 5 nitrogen and oxygen atoms in total. The van der Waals surface area contributed by atoms with E-state index in [0.717, 1.165) is 18.6 Å². The van der Waals surface area contributed by atoms with Crippen molar-refractivity contribution in [3.05, 3.63) is 75.1 Å². The zero-order chi connectivity index (χ0) is 19.4. The van der Waals surface area contributed by atoms with Crippen molar-refractivity contribution in [3.63, 3.8) is 0 Å². The Hall–Kier alpha value is -2.82. The number of aryl methyl sites for hydroxylation is 1. The highest BCUT2D eigenvalue weighted by Crippen LogP contribution is 2.24. The Kier molecular flexibility index (Phi) is 5.49. The van der Waals surface area contributed by atoms with E-state index in [-0.39, 0.29) is 5.41 Å². The van der Waals surface area contributed by atoms with Crippen molar-refractivity contribution < 1.29 is 9.15 Å². The normalized spacial score (nSPS) is 11.7. The number of unbranched alkanes of at least 4 members (excludes halogenated alkanes) is 1. The fourth-order valence-electron chi connectivity index (χ4n) is 2.99. The molecule has 0 fully saturated rings. The van der Waals surface area contributed by atoms with Crippen LogP contribution in [0.4, 0.5) is 0 Å². The van der Waals surface area contributed by atoms with Crippen molar-refractivity contribution in [2.75, 3.05) is 6.61 Å². The Labute approximate surface area is 158 Å². The molecule has 0 saturated carbocycles. The molecule has 0 saturated heterocycles. The van der Waals surface area contributed by atoms with Crippen LogP contribution in [0.5, 0.6) is 5.75 Å². The molecular formula is C22H25NO4. The minimum absolute atomic E-state index is 0.124. The zero-order valence-electron chi connectivity index (χ0n) is 16.0. The van der Waals surface area contributed by atoms with Crippen LogP contribution in [0.25, 0.3) is 10.9 Å². The summed E-state index contributed by atoms with van der Waals surface area (Å²) in [5, 5.41) is 0.423. The molecule has 0 aliphatic rings. The maximum Gasteiger partial charge on any atom is 0.422 e. The maximum atomic E-state index is 12.0. The maximum absolute atomic E-state index is 12.0. The van der Waals surface area contributed by atoms with Gasteiger partial charge < -0.3 is 9.15 Å². The number of fused-ring (bicyclic) bond motifs is 1. The Morgan fingerprint density at radius 3 is 2.37 bits per heavy atom. The first-order chi connectivity index (χ1) is 12.9. The van der Waals surface area contributed by atoms with Gasteiger partial charge in [0.2, 0.25) is 0 Å². The Morgan fingerprint density at radius 2 is 1.67 bits per heavy atom. The summed E-state index contributed by atoms with van der Waals surface area (Å²) in [6.07, 6.45) is 1.54. The molecule has 142 valence electrons. The molecule has 0 atom stereocenters. The van der Waals surface area contributed by atoms with Crippen LogP contribution >= 0.6 is 0 Å². The average Bonchev–Trinajstić information content (AvgIpc) is 2.63. The summed E-state index contributed by atoms with van der Waals surface area (Å²) in [5.74, 6) is 0.230. The second-order valence-corrected chi connectivity index (χ2v) is 7.65. The Morgan fingerprint density at radius 1 is 0.963 bits per heavy atom. The fraction of sp³-hybridized carbons (Fsp3) is 0.364. The van der Waals surface area contributed by atoms with Gasteiger partial charge in [-0.3, -0.25) is 4.57 Å². The van der Waals surface area contributed by atoms with Crippen LogP contribution in [0.15, 0.2) is 62.5 Å². The lowest BCUT2D eigenvalue weighted by molar-refractivity contribution is 0.300. The van der Waals surface area contributed by atoms with Gasteiger partial charge in [0, 0.05) is 6.54 Å². The number of nitrogens with zero attached hydrogens (tertiary/aromatic N) is 1. The molecule has 27 heavy (non-hydrogen) atoms. The van der Waals surface area contributed by atoms with E-state index < -0.39 is 11.4 Å². The number of ether oxygens (including phenoxy) is 1. The van der Waals surface area contributed by atoms with Crippen LogP contribution in [-0.4, -0.2) is 11.2 Å². The molecule has 0 aliphatic carbocycles. The molecule has 0 N–H and O–H groups in total. The van der Waals surface area contributed by atoms with Crippen LogP contribution in [0.3, 0.4) is 0 Å². The third-order valence-electron chi connectivity index (χ3n) is 4.58. The molecule has 1 heterocycles. The molecule has 0 bridgehead atoms. The summed E-state index contributed by atoms with van der Waals surface area (Å²) >= 11 is 0. The van der Waals surface area contributed by atoms with Crippen molar-refractivity contribution in [1.29, 1.82) is 0 Å². The van der Waals surface area contributed by atoms with E-state index in [2.05, 4.69) is 32.9 Å². The van der Waals surface area contributed by atoms with Gasteiger partial charge in [0.25, 0.3) is 0 Å². The van der Waals surface area contributed by atoms with Crippen molar-refractivity contribution in [2.24, 2.45) is 0 Å². The Bertz CT molecular complexity index is 1020. The number of hydrogen-bond acceptors (Lipinski definition) is 4. The molecule has 0 unspecified atom stereocenters. The van der Waals surface area contributed by atoms with E-state index in [0.29, 0.717) is 24.1 Å². The average molecular weight is 367 g/mol. The largest absolute Gasteiger partial charge is 0.494 e. The van der Waals surface area contributed by atoms with Gasteiger partial charge in [-0.1, -0.05) is 45.0 Å². The van der Waals surface area contributed by atoms with Gasteiger partial charge in [-0.15, -0.1) is 0 Å². The van der Waals surface area contributed by atoms with Gasteiger partial charge in [0.1, 0.15) is 5.75 Å². The molecule has 5 heteroatoms. The first kappa shape index (κ1) is 19.0. The van der Waals surface area contributed by atoms with Gasteiger partial charge in [-0.2, -0.15) is 0 Å². The second kappa shape index (κ2) is 7.82. The van der Waals surface area contributed by atoms with E-state index in [4.69, 9.17) is 9.15 Å². The summed E-state index contributed by atoms with van der Waals surface area (Å²) in [6, 6.07) is 15.2. The standard InChI is InChI=1S/C22H25NO4/c1-22(2,3)16-10-12-17(13-11-16)26-15-7-6-14-23-19-9-5-4-8-18(19)20(24)27-21(23)25/h4-5,8-13H,6-7,14-15H2,1-3H3. The number of hydrogen-bond donors (Lipinski definition) is 0. The predicted octanol–water partition coefficient (Wildman–Crippen LogP) is 4.11. The van der Waals surface area contributed by atoms with Gasteiger partial charge in [-0.05, 0) is 48.1 Å². The van der Waals surface area contributed by atoms with Gasteiger partial charge >= 0.3 is 11.4 Å². The first-order valence-electron chi connectivity index (χ1n) is 9.22. The minimum Gasteiger partial charge on any atom is -0.494 e. The highest BCUT2D eigenvalue weighted by molar-refractivity contribution is 5.77. The molecule has 2 aromatic carbocycles. The van der Waals surface area contributed by atoms with Crippen LogP contribution < -0.4 is 16.1 Å². The SMILES string of the molecule is CC(C)(C)c1ccc(OCCCCn2c(=O)oc(=O)c3ccccc32)cc1. The fourth-order valence-corrected chi connectivity index (χ4v) is 2.99. The molecule has 0 radical (unpaired) electrons. The molecule has 0 spiro atoms. The topological polar surface area (TPSA) is 61.4 Å². The lowest BCUT2D eigenvalue weighted by Crippen LogP contribution is -2.25. The summed E-state index contributed by atoms with van der Waals surface area (Å²) in [5.41, 5.74) is 1.41. The van der Waals surface area contributed by atoms with E-state index in [9.17, 15) is 9.59 Å². The molecule has 3 rings (SSSR count). The number of rotatable bonds is 6. The lowest BCUT2D eigenvalue weighted by Gasteiger charge is -2.19. The number of para-hydroxylation sites is 1. The van der Waals surface area contributed by atoms with Gasteiger partial charge in [0.15, 0.2) is 0 Å². The predicted molar refractivity (Wildman–Crippen MR) is 107 cm³/mol. The van der Waals surface area contributed by atoms with Crippen molar-refractivity contribution >= 4 is 10.9 Å². The second-order valence-electron chi connectivity index (χ2n) is 7.65. The molecule has 0 aliphatic heterocycles. The van der Waals surface area contributed by atoms with E-state index in [1.165, 1.54) is 10.1 Å². The van der Waals surface area contributed by atoms with Crippen molar-refractivity contribution in [3.8, 4) is 5.75 Å². The van der Waals surface area contributed by atoms with Crippen LogP contribution in [-0.2, 0) is 12.0 Å². The van der Waals surface area contributed by atoms with Crippen LogP contribution in [0.2, 0.25) is 0 Å². The summed E-state index contributed by atoms with van der Waals surface area (Å²) < 4.78 is 12.1. The smallest absolute Gasteiger partial charge is 0.422 e. The highest BCUT2D eigenvalue weighted by Gasteiger charge is 2.13. The molecule has 3 aromatic rings. The zero-order valence-corrected chi connectivity index (χ0v) is 16.0.